The van der Waals surface area contributed by atoms with Crippen LogP contribution in [0.25, 0.3) is 0 Å². The van der Waals surface area contributed by atoms with Gasteiger partial charge >= 0.3 is 12.1 Å². The van der Waals surface area contributed by atoms with Crippen molar-refractivity contribution >= 4 is 23.7 Å². The number of alkyl carbamates (subject to hydrolysis) is 1. The number of nitrogens with one attached hydrogen (secondary N) is 2. The Bertz CT molecular complexity index is 600. The van der Waals surface area contributed by atoms with E-state index in [9.17, 15) is 14.4 Å². The molecule has 1 aromatic rings. The molecule has 0 fully saturated rings. The summed E-state index contributed by atoms with van der Waals surface area (Å²) in [5.74, 6) is -1.50. The second-order valence-electron chi connectivity index (χ2n) is 6.59. The smallest absolute Gasteiger partial charge is 0.408 e. The van der Waals surface area contributed by atoms with Gasteiger partial charge in [0.05, 0.1) is 5.56 Å². The number of carbonyl (C=O) groups excluding carboxylic acids is 2. The molecule has 0 bridgehead atoms. The first-order valence-corrected chi connectivity index (χ1v) is 7.07. The van der Waals surface area contributed by atoms with Crippen molar-refractivity contribution in [1.82, 2.24) is 5.32 Å². The Labute approximate surface area is 135 Å². The number of ether oxygens (including phenoxy) is 1. The Morgan fingerprint density at radius 3 is 1.96 bits per heavy atom. The van der Waals surface area contributed by atoms with Gasteiger partial charge in [0.2, 0.25) is 5.91 Å². The molecular formula is C16H22N2O5. The lowest BCUT2D eigenvalue weighted by Gasteiger charge is -2.27. The molecule has 1 rings (SSSR count). The van der Waals surface area contributed by atoms with Gasteiger partial charge in [-0.1, -0.05) is 0 Å². The highest BCUT2D eigenvalue weighted by Crippen LogP contribution is 2.14. The van der Waals surface area contributed by atoms with Crippen LogP contribution in [0.2, 0.25) is 0 Å². The third-order valence-corrected chi connectivity index (χ3v) is 2.77. The van der Waals surface area contributed by atoms with Crippen molar-refractivity contribution in [3.8, 4) is 0 Å². The largest absolute Gasteiger partial charge is 0.478 e. The maximum absolute atomic E-state index is 12.3. The third kappa shape index (κ3) is 5.98. The van der Waals surface area contributed by atoms with Gasteiger partial charge in [-0.25, -0.2) is 9.59 Å². The molecule has 0 spiro atoms. The van der Waals surface area contributed by atoms with Crippen molar-refractivity contribution in [2.24, 2.45) is 0 Å². The molecular weight excluding hydrogens is 300 g/mol. The first-order valence-electron chi connectivity index (χ1n) is 7.07. The molecule has 23 heavy (non-hydrogen) atoms. The zero-order chi connectivity index (χ0) is 17.8. The summed E-state index contributed by atoms with van der Waals surface area (Å²) in [7, 11) is 0. The van der Waals surface area contributed by atoms with E-state index in [1.54, 1.807) is 20.8 Å². The summed E-state index contributed by atoms with van der Waals surface area (Å²) in [6.45, 7) is 8.26. The van der Waals surface area contributed by atoms with E-state index in [1.807, 2.05) is 0 Å². The first-order chi connectivity index (χ1) is 10.4. The number of carboxylic acids is 1. The minimum absolute atomic E-state index is 0.120. The molecule has 0 aromatic heterocycles. The van der Waals surface area contributed by atoms with Gasteiger partial charge in [-0.3, -0.25) is 4.79 Å². The number of aromatic carboxylic acids is 1. The van der Waals surface area contributed by atoms with E-state index in [0.29, 0.717) is 5.69 Å². The van der Waals surface area contributed by atoms with Crippen LogP contribution in [0, 0.1) is 0 Å². The van der Waals surface area contributed by atoms with Crippen LogP contribution in [-0.4, -0.2) is 34.2 Å². The van der Waals surface area contributed by atoms with E-state index in [2.05, 4.69) is 10.6 Å². The maximum Gasteiger partial charge on any atom is 0.408 e. The zero-order valence-electron chi connectivity index (χ0n) is 13.9. The van der Waals surface area contributed by atoms with Crippen LogP contribution in [0.3, 0.4) is 0 Å². The molecule has 0 atom stereocenters. The van der Waals surface area contributed by atoms with Crippen molar-refractivity contribution in [2.45, 2.75) is 45.8 Å². The number of carboxylic acid groups (broad SMARTS) is 1. The van der Waals surface area contributed by atoms with Gasteiger partial charge in [0.1, 0.15) is 11.1 Å². The average molecular weight is 322 g/mol. The van der Waals surface area contributed by atoms with Crippen molar-refractivity contribution in [3.05, 3.63) is 29.8 Å². The zero-order valence-corrected chi connectivity index (χ0v) is 13.9. The molecule has 0 saturated carbocycles. The highest BCUT2D eigenvalue weighted by molar-refractivity contribution is 5.99. The maximum atomic E-state index is 12.3. The van der Waals surface area contributed by atoms with Crippen LogP contribution < -0.4 is 10.6 Å². The number of benzene rings is 1. The van der Waals surface area contributed by atoms with Gasteiger partial charge < -0.3 is 20.5 Å². The minimum atomic E-state index is -1.20. The number of anilines is 1. The lowest BCUT2D eigenvalue weighted by molar-refractivity contribution is -0.121. The summed E-state index contributed by atoms with van der Waals surface area (Å²) in [4.78, 5) is 34.8. The second-order valence-corrected chi connectivity index (χ2v) is 6.59. The Morgan fingerprint density at radius 1 is 1.00 bits per heavy atom. The summed E-state index contributed by atoms with van der Waals surface area (Å²) < 4.78 is 5.12. The van der Waals surface area contributed by atoms with Crippen LogP contribution in [-0.2, 0) is 9.53 Å². The van der Waals surface area contributed by atoms with Crippen LogP contribution in [0.5, 0.6) is 0 Å². The number of carbonyl (C=O) groups is 3. The predicted octanol–water partition coefficient (Wildman–Crippen LogP) is 2.63. The molecule has 0 aliphatic carbocycles. The Kier molecular flexibility index (Phi) is 5.37. The van der Waals surface area contributed by atoms with E-state index in [-0.39, 0.29) is 5.56 Å². The van der Waals surface area contributed by atoms with Gasteiger partial charge in [0.15, 0.2) is 0 Å². The molecule has 0 heterocycles. The predicted molar refractivity (Wildman–Crippen MR) is 85.5 cm³/mol. The minimum Gasteiger partial charge on any atom is -0.478 e. The summed E-state index contributed by atoms with van der Waals surface area (Å²) >= 11 is 0. The monoisotopic (exact) mass is 322 g/mol. The summed E-state index contributed by atoms with van der Waals surface area (Å²) in [5.41, 5.74) is -1.31. The highest BCUT2D eigenvalue weighted by atomic mass is 16.6. The second kappa shape index (κ2) is 6.68. The summed E-state index contributed by atoms with van der Waals surface area (Å²) in [6.07, 6.45) is -0.695. The van der Waals surface area contributed by atoms with E-state index < -0.39 is 29.1 Å². The average Bonchev–Trinajstić information content (AvgIpc) is 2.36. The molecule has 7 heteroatoms. The number of hydrogen-bond donors (Lipinski definition) is 3. The van der Waals surface area contributed by atoms with Crippen LogP contribution in [0.1, 0.15) is 45.0 Å². The molecule has 0 aliphatic heterocycles. The molecule has 0 unspecified atom stereocenters. The van der Waals surface area contributed by atoms with Gasteiger partial charge in [-0.2, -0.15) is 0 Å². The normalized spacial score (nSPS) is 11.5. The molecule has 126 valence electrons. The van der Waals surface area contributed by atoms with Crippen molar-refractivity contribution in [3.63, 3.8) is 0 Å². The first kappa shape index (κ1) is 18.5. The lowest BCUT2D eigenvalue weighted by Crippen LogP contribution is -2.53. The van der Waals surface area contributed by atoms with E-state index in [4.69, 9.17) is 9.84 Å². The SMILES string of the molecule is CC(C)(C)OC(=O)NC(C)(C)C(=O)Nc1ccc(C(=O)O)cc1. The molecule has 3 N–H and O–H groups in total. The molecule has 0 saturated heterocycles. The van der Waals surface area contributed by atoms with Crippen LogP contribution in [0.4, 0.5) is 10.5 Å². The van der Waals surface area contributed by atoms with E-state index in [1.165, 1.54) is 38.1 Å². The third-order valence-electron chi connectivity index (χ3n) is 2.77. The standard InChI is InChI=1S/C16H22N2O5/c1-15(2,3)23-14(22)18-16(4,5)13(21)17-11-8-6-10(7-9-11)12(19)20/h6-9H,1-5H3,(H,17,21)(H,18,22)(H,19,20). The van der Waals surface area contributed by atoms with Gasteiger partial charge in [0, 0.05) is 5.69 Å². The number of rotatable bonds is 4. The van der Waals surface area contributed by atoms with Crippen molar-refractivity contribution < 1.29 is 24.2 Å². The molecule has 7 nitrogen and oxygen atoms in total. The summed E-state index contributed by atoms with van der Waals surface area (Å²) in [5, 5.41) is 13.9. The van der Waals surface area contributed by atoms with E-state index in [0.717, 1.165) is 0 Å². The summed E-state index contributed by atoms with van der Waals surface area (Å²) in [6, 6.07) is 5.72. The fourth-order valence-electron chi connectivity index (χ4n) is 1.60. The van der Waals surface area contributed by atoms with Crippen molar-refractivity contribution in [1.29, 1.82) is 0 Å². The Hall–Kier alpha value is -2.57. The van der Waals surface area contributed by atoms with Crippen LogP contribution in [0.15, 0.2) is 24.3 Å². The molecule has 0 aliphatic rings. The van der Waals surface area contributed by atoms with Gasteiger partial charge in [0.25, 0.3) is 0 Å². The van der Waals surface area contributed by atoms with Gasteiger partial charge in [-0.05, 0) is 58.9 Å². The van der Waals surface area contributed by atoms with E-state index >= 15 is 0 Å². The lowest BCUT2D eigenvalue weighted by atomic mass is 10.0. The Morgan fingerprint density at radius 2 is 1.52 bits per heavy atom. The number of hydrogen-bond acceptors (Lipinski definition) is 4. The molecule has 0 radical (unpaired) electrons. The topological polar surface area (TPSA) is 105 Å². The Balaban J connectivity index is 2.71. The van der Waals surface area contributed by atoms with Crippen molar-refractivity contribution in [2.75, 3.05) is 5.32 Å². The molecule has 1 aromatic carbocycles. The highest BCUT2D eigenvalue weighted by Gasteiger charge is 2.31. The fourth-order valence-corrected chi connectivity index (χ4v) is 1.60. The molecule has 2 amide bonds. The number of amides is 2. The van der Waals surface area contributed by atoms with Gasteiger partial charge in [-0.15, -0.1) is 0 Å². The van der Waals surface area contributed by atoms with Crippen LogP contribution >= 0.6 is 0 Å². The fraction of sp³-hybridized carbons (Fsp3) is 0.438. The quantitative estimate of drug-likeness (QED) is 0.790.